The summed E-state index contributed by atoms with van der Waals surface area (Å²) in [6, 6.07) is 0. The van der Waals surface area contributed by atoms with Crippen LogP contribution in [0.2, 0.25) is 0 Å². The van der Waals surface area contributed by atoms with Crippen LogP contribution in [-0.2, 0) is 0 Å². The molecule has 2 N–H and O–H groups in total. The summed E-state index contributed by atoms with van der Waals surface area (Å²) in [6.07, 6.45) is 0. The van der Waals surface area contributed by atoms with Crippen LogP contribution in [0, 0.1) is 0 Å². The summed E-state index contributed by atoms with van der Waals surface area (Å²) in [6.45, 7) is 0. The fraction of sp³-hybridized carbons (Fsp3) is 1.00. The zero-order valence-corrected chi connectivity index (χ0v) is 3.85. The molecule has 2 heteroatoms. The smallest absolute Gasteiger partial charge is 0 e. The Balaban J connectivity index is 0. The SMILES string of the molecule is C.C.O.[Sn]. The Bertz CT molecular complexity index is 6.00. The third kappa shape index (κ3) is 14.8. The van der Waals surface area contributed by atoms with Gasteiger partial charge < -0.3 is 5.48 Å². The van der Waals surface area contributed by atoms with Crippen LogP contribution >= 0.6 is 0 Å². The Morgan fingerprint density at radius 3 is 0.750 bits per heavy atom. The van der Waals surface area contributed by atoms with Crippen molar-refractivity contribution in [3.63, 3.8) is 0 Å². The average Bonchev–Trinajstić information content (AvgIpc) is 0. The Morgan fingerprint density at radius 1 is 0.750 bits per heavy atom. The normalized spacial score (nSPS) is 0. The Hall–Kier alpha value is 0.759. The van der Waals surface area contributed by atoms with E-state index >= 15 is 0 Å². The molecule has 0 saturated heterocycles. The van der Waals surface area contributed by atoms with Crippen LogP contribution in [0.15, 0.2) is 0 Å². The van der Waals surface area contributed by atoms with Gasteiger partial charge in [-0.3, -0.25) is 0 Å². The quantitative estimate of drug-likeness (QED) is 0.459. The molecule has 0 aromatic carbocycles. The van der Waals surface area contributed by atoms with Gasteiger partial charge in [0.05, 0.1) is 0 Å². The molecule has 0 aliphatic heterocycles. The van der Waals surface area contributed by atoms with Gasteiger partial charge in [-0.2, -0.15) is 0 Å². The van der Waals surface area contributed by atoms with Gasteiger partial charge in [-0.1, -0.05) is 14.9 Å². The molecule has 0 atom stereocenters. The van der Waals surface area contributed by atoms with Crippen molar-refractivity contribution >= 4 is 23.9 Å². The van der Waals surface area contributed by atoms with Crippen molar-refractivity contribution in [3.8, 4) is 0 Å². The summed E-state index contributed by atoms with van der Waals surface area (Å²) in [4.78, 5) is 0. The van der Waals surface area contributed by atoms with Gasteiger partial charge in [0.2, 0.25) is 0 Å². The van der Waals surface area contributed by atoms with Crippen molar-refractivity contribution in [3.05, 3.63) is 0 Å². The average molecular weight is 169 g/mol. The largest absolute Gasteiger partial charge is 0.412 e. The zero-order valence-electron chi connectivity index (χ0n) is 1.00. The molecule has 0 amide bonds. The molecule has 4 radical (unpaired) electrons. The van der Waals surface area contributed by atoms with Gasteiger partial charge in [-0.25, -0.2) is 0 Å². The van der Waals surface area contributed by atoms with E-state index in [-0.39, 0.29) is 44.2 Å². The molecule has 4 heavy (non-hydrogen) atoms. The van der Waals surface area contributed by atoms with Crippen molar-refractivity contribution in [2.45, 2.75) is 14.9 Å². The fourth-order valence-electron chi connectivity index (χ4n) is 0. The zero-order chi connectivity index (χ0) is 0. The molecule has 1 nitrogen and oxygen atoms in total. The van der Waals surface area contributed by atoms with Gasteiger partial charge in [0.1, 0.15) is 0 Å². The topological polar surface area (TPSA) is 31.5 Å². The minimum atomic E-state index is 0. The molecule has 0 rings (SSSR count). The second kappa shape index (κ2) is 49.7. The third-order valence-corrected chi connectivity index (χ3v) is 0. The Morgan fingerprint density at radius 2 is 0.750 bits per heavy atom. The van der Waals surface area contributed by atoms with E-state index < -0.39 is 0 Å². The van der Waals surface area contributed by atoms with Crippen LogP contribution in [0.25, 0.3) is 0 Å². The first kappa shape index (κ1) is 117. The predicted octanol–water partition coefficient (Wildman–Crippen LogP) is 0.0667. The van der Waals surface area contributed by atoms with Crippen LogP contribution < -0.4 is 0 Å². The van der Waals surface area contributed by atoms with Crippen molar-refractivity contribution in [2.75, 3.05) is 0 Å². The Kier molecular flexibility index (Phi) is 1450. The van der Waals surface area contributed by atoms with E-state index in [0.717, 1.165) is 0 Å². The van der Waals surface area contributed by atoms with Crippen LogP contribution in [0.4, 0.5) is 0 Å². The molecule has 0 aromatic heterocycles. The molecule has 0 saturated carbocycles. The minimum absolute atomic E-state index is 0. The van der Waals surface area contributed by atoms with Crippen LogP contribution in [0.1, 0.15) is 14.9 Å². The minimum Gasteiger partial charge on any atom is -0.412 e. The maximum absolute atomic E-state index is 0. The van der Waals surface area contributed by atoms with Crippen LogP contribution in [-0.4, -0.2) is 29.4 Å². The van der Waals surface area contributed by atoms with Crippen molar-refractivity contribution < 1.29 is 5.48 Å². The molecule has 0 aliphatic carbocycles. The van der Waals surface area contributed by atoms with E-state index in [1.54, 1.807) is 0 Å². The molecule has 0 spiro atoms. The number of hydrogen-bond acceptors (Lipinski definition) is 0. The van der Waals surface area contributed by atoms with Crippen molar-refractivity contribution in [1.29, 1.82) is 0 Å². The van der Waals surface area contributed by atoms with Crippen molar-refractivity contribution in [1.82, 2.24) is 0 Å². The van der Waals surface area contributed by atoms with Gasteiger partial charge >= 0.3 is 0 Å². The maximum atomic E-state index is 0. The monoisotopic (exact) mass is 170 g/mol. The molecular weight excluding hydrogens is 159 g/mol. The first-order chi connectivity index (χ1) is 0. The molecule has 0 unspecified atom stereocenters. The summed E-state index contributed by atoms with van der Waals surface area (Å²) in [5.74, 6) is 0. The first-order valence-corrected chi connectivity index (χ1v) is 0. The second-order valence-electron chi connectivity index (χ2n) is 0. The summed E-state index contributed by atoms with van der Waals surface area (Å²) in [5.41, 5.74) is 0. The molecule has 0 fully saturated rings. The van der Waals surface area contributed by atoms with Crippen LogP contribution in [0.3, 0.4) is 0 Å². The van der Waals surface area contributed by atoms with Crippen molar-refractivity contribution in [2.24, 2.45) is 0 Å². The first-order valence-electron chi connectivity index (χ1n) is 0. The third-order valence-electron chi connectivity index (χ3n) is 0. The van der Waals surface area contributed by atoms with E-state index in [4.69, 9.17) is 0 Å². The number of rotatable bonds is 0. The summed E-state index contributed by atoms with van der Waals surface area (Å²) < 4.78 is 0. The molecule has 0 bridgehead atoms. The molecule has 0 aromatic rings. The molecular formula is C2H10OSn. The molecule has 28 valence electrons. The summed E-state index contributed by atoms with van der Waals surface area (Å²) >= 11 is 0. The van der Waals surface area contributed by atoms with Gasteiger partial charge in [0.15, 0.2) is 0 Å². The van der Waals surface area contributed by atoms with E-state index in [2.05, 4.69) is 0 Å². The number of hydrogen-bond donors (Lipinski definition) is 0. The van der Waals surface area contributed by atoms with Gasteiger partial charge in [0.25, 0.3) is 0 Å². The Labute approximate surface area is 44.7 Å². The van der Waals surface area contributed by atoms with Gasteiger partial charge in [-0.05, 0) is 0 Å². The fourth-order valence-corrected chi connectivity index (χ4v) is 0. The van der Waals surface area contributed by atoms with Crippen LogP contribution in [0.5, 0.6) is 0 Å². The predicted molar refractivity (Wildman–Crippen MR) is 22.8 cm³/mol. The maximum Gasteiger partial charge on any atom is 0 e. The standard InChI is InChI=1S/2CH4.H2O.Sn/h2*1H4;1H2;. The second-order valence-corrected chi connectivity index (χ2v) is 0. The van der Waals surface area contributed by atoms with E-state index in [1.165, 1.54) is 0 Å². The van der Waals surface area contributed by atoms with E-state index in [1.807, 2.05) is 0 Å². The van der Waals surface area contributed by atoms with E-state index in [0.29, 0.717) is 0 Å². The molecule has 0 heterocycles. The van der Waals surface area contributed by atoms with Gasteiger partial charge in [0, 0.05) is 23.9 Å². The molecule has 0 aliphatic rings. The van der Waals surface area contributed by atoms with E-state index in [9.17, 15) is 0 Å². The summed E-state index contributed by atoms with van der Waals surface area (Å²) in [7, 11) is 0. The van der Waals surface area contributed by atoms with Gasteiger partial charge in [-0.15, -0.1) is 0 Å². The summed E-state index contributed by atoms with van der Waals surface area (Å²) in [5, 5.41) is 0.